The number of hydrogen-bond donors (Lipinski definition) is 1. The average Bonchev–Trinajstić information content (AvgIpc) is 3.25. The van der Waals surface area contributed by atoms with Gasteiger partial charge in [-0.3, -0.25) is 4.79 Å². The SMILES string of the molecule is Cc1c(C(=O)NC2C[S+]([O-])C2)cc(-c2cc(C(C)C)c3c(c2)C(C)(C)N(C(C)C)S3(=O)=O)n1CC1CCCCC1. The predicted octanol–water partition coefficient (Wildman–Crippen LogP) is 5.68. The van der Waals surface area contributed by atoms with Gasteiger partial charge in [0.15, 0.2) is 0 Å². The summed E-state index contributed by atoms with van der Waals surface area (Å²) in [6.07, 6.45) is 6.12. The van der Waals surface area contributed by atoms with E-state index in [9.17, 15) is 17.8 Å². The monoisotopic (exact) mass is 587 g/mol. The lowest BCUT2D eigenvalue weighted by Crippen LogP contribution is -2.53. The number of nitrogens with zero attached hydrogens (tertiary/aromatic N) is 2. The first kappa shape index (κ1) is 29.7. The number of aromatic nitrogens is 1. The number of amides is 1. The molecular weight excluding hydrogens is 542 g/mol. The van der Waals surface area contributed by atoms with Gasteiger partial charge in [-0.1, -0.05) is 33.1 Å². The second-order valence-corrected chi connectivity index (χ2v) is 16.4. The molecule has 1 saturated heterocycles. The highest BCUT2D eigenvalue weighted by Gasteiger charge is 2.51. The smallest absolute Gasteiger partial charge is 0.253 e. The Balaban J connectivity index is 1.66. The maximum absolute atomic E-state index is 13.9. The highest BCUT2D eigenvalue weighted by molar-refractivity contribution is 7.92. The molecule has 3 heterocycles. The number of carbonyl (C=O) groups excluding carboxylic acids is 1. The molecule has 9 heteroatoms. The minimum Gasteiger partial charge on any atom is -0.616 e. The van der Waals surface area contributed by atoms with Crippen molar-refractivity contribution >= 4 is 27.1 Å². The molecule has 1 saturated carbocycles. The molecular formula is C31H45N3O4S2. The van der Waals surface area contributed by atoms with Crippen molar-refractivity contribution in [3.05, 3.63) is 40.6 Å². The van der Waals surface area contributed by atoms with Crippen molar-refractivity contribution < 1.29 is 17.8 Å². The van der Waals surface area contributed by atoms with Crippen molar-refractivity contribution in [3.63, 3.8) is 0 Å². The zero-order valence-electron chi connectivity index (χ0n) is 25.0. The first-order chi connectivity index (χ1) is 18.7. The molecule has 220 valence electrons. The van der Waals surface area contributed by atoms with Crippen molar-refractivity contribution in [2.24, 2.45) is 5.92 Å². The highest BCUT2D eigenvalue weighted by atomic mass is 32.2. The molecule has 2 aromatic rings. The Hall–Kier alpha value is -1.81. The third-order valence-corrected chi connectivity index (χ3v) is 13.0. The Kier molecular flexibility index (Phi) is 8.00. The summed E-state index contributed by atoms with van der Waals surface area (Å²) in [5, 5.41) is 3.08. The van der Waals surface area contributed by atoms with Crippen molar-refractivity contribution in [2.45, 2.75) is 116 Å². The molecule has 1 aromatic carbocycles. The normalized spacial score (nSPS) is 24.4. The largest absolute Gasteiger partial charge is 0.616 e. The Morgan fingerprint density at radius 2 is 1.75 bits per heavy atom. The molecule has 1 amide bonds. The van der Waals surface area contributed by atoms with Gasteiger partial charge in [0.1, 0.15) is 17.5 Å². The lowest BCUT2D eigenvalue weighted by molar-refractivity contribution is 0.0941. The average molecular weight is 588 g/mol. The zero-order valence-corrected chi connectivity index (χ0v) is 26.7. The maximum atomic E-state index is 13.9. The van der Waals surface area contributed by atoms with E-state index in [0.717, 1.165) is 34.6 Å². The number of benzene rings is 1. The first-order valence-corrected chi connectivity index (χ1v) is 17.8. The van der Waals surface area contributed by atoms with E-state index in [0.29, 0.717) is 27.9 Å². The summed E-state index contributed by atoms with van der Waals surface area (Å²) in [7, 11) is -3.65. The number of rotatable bonds is 7. The first-order valence-electron chi connectivity index (χ1n) is 14.8. The van der Waals surface area contributed by atoms with Crippen LogP contribution in [-0.4, -0.2) is 51.3 Å². The molecule has 1 aliphatic carbocycles. The molecule has 40 heavy (non-hydrogen) atoms. The summed E-state index contributed by atoms with van der Waals surface area (Å²) in [5.74, 6) is 1.46. The topological polar surface area (TPSA) is 94.5 Å². The summed E-state index contributed by atoms with van der Waals surface area (Å²) < 4.78 is 43.4. The molecule has 0 spiro atoms. The summed E-state index contributed by atoms with van der Waals surface area (Å²) in [6.45, 7) is 14.8. The summed E-state index contributed by atoms with van der Waals surface area (Å²) in [5.41, 5.74) is 4.46. The Morgan fingerprint density at radius 1 is 1.10 bits per heavy atom. The fraction of sp³-hybridized carbons (Fsp3) is 0.645. The van der Waals surface area contributed by atoms with E-state index in [1.165, 1.54) is 32.1 Å². The Bertz CT molecular complexity index is 1400. The van der Waals surface area contributed by atoms with Gasteiger partial charge in [-0.25, -0.2) is 8.42 Å². The van der Waals surface area contributed by atoms with E-state index in [-0.39, 0.29) is 23.9 Å². The molecule has 0 bridgehead atoms. The van der Waals surface area contributed by atoms with Crippen LogP contribution in [0.25, 0.3) is 11.3 Å². The van der Waals surface area contributed by atoms with Crippen LogP contribution in [0, 0.1) is 12.8 Å². The summed E-state index contributed by atoms with van der Waals surface area (Å²) in [4.78, 5) is 13.9. The molecule has 7 nitrogen and oxygen atoms in total. The van der Waals surface area contributed by atoms with E-state index < -0.39 is 26.7 Å². The van der Waals surface area contributed by atoms with Gasteiger partial charge in [-0.05, 0) is 105 Å². The van der Waals surface area contributed by atoms with Gasteiger partial charge >= 0.3 is 0 Å². The lowest BCUT2D eigenvalue weighted by atomic mass is 9.87. The van der Waals surface area contributed by atoms with E-state index in [1.54, 1.807) is 4.31 Å². The molecule has 0 radical (unpaired) electrons. The van der Waals surface area contributed by atoms with Crippen LogP contribution in [-0.2, 0) is 33.3 Å². The molecule has 2 aliphatic heterocycles. The number of sulfonamides is 1. The predicted molar refractivity (Wildman–Crippen MR) is 162 cm³/mol. The molecule has 2 fully saturated rings. The van der Waals surface area contributed by atoms with Crippen molar-refractivity contribution in [3.8, 4) is 11.3 Å². The standard InChI is InChI=1S/C31H45N3O4S2/c1-19(2)25-13-23(14-27-29(25)40(37,38)34(20(3)4)31(27,6)7)28-15-26(30(35)32-24-17-39(36)18-24)21(5)33(28)16-22-11-9-8-10-12-22/h13-15,19-20,22,24H,8-12,16-18H2,1-7H3,(H,32,35). The van der Waals surface area contributed by atoms with Crippen LogP contribution >= 0.6 is 0 Å². The minimum atomic E-state index is -3.65. The zero-order chi connectivity index (χ0) is 29.1. The number of nitrogens with one attached hydrogen (secondary N) is 1. The number of carbonyl (C=O) groups is 1. The molecule has 3 aliphatic rings. The highest BCUT2D eigenvalue weighted by Crippen LogP contribution is 2.49. The van der Waals surface area contributed by atoms with Crippen molar-refractivity contribution in [2.75, 3.05) is 11.5 Å². The Morgan fingerprint density at radius 3 is 2.33 bits per heavy atom. The lowest BCUT2D eigenvalue weighted by Gasteiger charge is -2.33. The van der Waals surface area contributed by atoms with Crippen LogP contribution in [0.5, 0.6) is 0 Å². The molecule has 1 aromatic heterocycles. The van der Waals surface area contributed by atoms with Gasteiger partial charge in [-0.15, -0.1) is 0 Å². The molecule has 5 rings (SSSR count). The fourth-order valence-electron chi connectivity index (χ4n) is 7.13. The fourth-order valence-corrected chi connectivity index (χ4v) is 10.7. The molecule has 1 N–H and O–H groups in total. The van der Waals surface area contributed by atoms with Gasteiger partial charge in [0.2, 0.25) is 10.0 Å². The Labute approximate surface area is 243 Å². The molecule has 0 unspecified atom stereocenters. The third kappa shape index (κ3) is 5.05. The van der Waals surface area contributed by atoms with Crippen LogP contribution in [0.1, 0.15) is 107 Å². The second kappa shape index (κ2) is 10.8. The van der Waals surface area contributed by atoms with Crippen LogP contribution in [0.2, 0.25) is 0 Å². The third-order valence-electron chi connectivity index (χ3n) is 9.12. The van der Waals surface area contributed by atoms with Gasteiger partial charge in [0, 0.05) is 24.0 Å². The van der Waals surface area contributed by atoms with E-state index >= 15 is 0 Å². The summed E-state index contributed by atoms with van der Waals surface area (Å²) in [6, 6.07) is 5.88. The van der Waals surface area contributed by atoms with Gasteiger partial charge in [-0.2, -0.15) is 4.31 Å². The van der Waals surface area contributed by atoms with E-state index in [2.05, 4.69) is 16.0 Å². The molecule has 0 atom stereocenters. The van der Waals surface area contributed by atoms with E-state index in [4.69, 9.17) is 0 Å². The quantitative estimate of drug-likeness (QED) is 0.422. The maximum Gasteiger partial charge on any atom is 0.253 e. The van der Waals surface area contributed by atoms with Crippen LogP contribution < -0.4 is 5.32 Å². The minimum absolute atomic E-state index is 0.0106. The van der Waals surface area contributed by atoms with Crippen molar-refractivity contribution in [1.82, 2.24) is 14.2 Å². The number of fused-ring (bicyclic) bond motifs is 1. The second-order valence-electron chi connectivity index (χ2n) is 13.1. The van der Waals surface area contributed by atoms with Gasteiger partial charge < -0.3 is 14.4 Å². The van der Waals surface area contributed by atoms with Gasteiger partial charge in [0.25, 0.3) is 5.91 Å². The van der Waals surface area contributed by atoms with Gasteiger partial charge in [0.05, 0.1) is 16.0 Å². The van der Waals surface area contributed by atoms with Crippen LogP contribution in [0.3, 0.4) is 0 Å². The van der Waals surface area contributed by atoms with Crippen LogP contribution in [0.15, 0.2) is 23.1 Å². The van der Waals surface area contributed by atoms with Crippen molar-refractivity contribution in [1.29, 1.82) is 0 Å². The number of hydrogen-bond acceptors (Lipinski definition) is 4. The van der Waals surface area contributed by atoms with Crippen LogP contribution in [0.4, 0.5) is 0 Å². The van der Waals surface area contributed by atoms with E-state index in [1.807, 2.05) is 60.6 Å². The summed E-state index contributed by atoms with van der Waals surface area (Å²) >= 11 is -0.835.